The van der Waals surface area contributed by atoms with Crippen molar-refractivity contribution in [1.29, 1.82) is 0 Å². The molecule has 0 bridgehead atoms. The highest BCUT2D eigenvalue weighted by molar-refractivity contribution is 7.84. The molecule has 1 rings (SSSR count). The molecule has 0 heterocycles. The maximum Gasteiger partial charge on any atom is 0.304 e. The van der Waals surface area contributed by atoms with Gasteiger partial charge in [0.25, 0.3) is 0 Å². The van der Waals surface area contributed by atoms with Gasteiger partial charge in [-0.25, -0.2) is 4.39 Å². The van der Waals surface area contributed by atoms with Gasteiger partial charge in [0.15, 0.2) is 0 Å². The van der Waals surface area contributed by atoms with Gasteiger partial charge in [-0.1, -0.05) is 19.1 Å². The molecular formula is C11H13FO3S. The molecule has 2 unspecified atom stereocenters. The average Bonchev–Trinajstić information content (AvgIpc) is 2.20. The number of halogens is 1. The van der Waals surface area contributed by atoms with Crippen LogP contribution in [0.15, 0.2) is 24.3 Å². The number of carboxylic acid groups (broad SMARTS) is 1. The summed E-state index contributed by atoms with van der Waals surface area (Å²) < 4.78 is 24.3. The Labute approximate surface area is 95.8 Å². The van der Waals surface area contributed by atoms with E-state index in [2.05, 4.69) is 0 Å². The van der Waals surface area contributed by atoms with Gasteiger partial charge < -0.3 is 5.11 Å². The van der Waals surface area contributed by atoms with Crippen LogP contribution in [0.4, 0.5) is 4.39 Å². The van der Waals surface area contributed by atoms with Crippen LogP contribution in [0, 0.1) is 5.82 Å². The molecule has 88 valence electrons. The van der Waals surface area contributed by atoms with E-state index >= 15 is 0 Å². The Morgan fingerprint density at radius 2 is 2.00 bits per heavy atom. The highest BCUT2D eigenvalue weighted by Crippen LogP contribution is 2.10. The van der Waals surface area contributed by atoms with Gasteiger partial charge in [-0.05, 0) is 17.7 Å². The van der Waals surface area contributed by atoms with E-state index in [1.54, 1.807) is 19.1 Å². The number of hydrogen-bond donors (Lipinski definition) is 1. The molecule has 1 N–H and O–H groups in total. The maximum absolute atomic E-state index is 12.6. The zero-order valence-corrected chi connectivity index (χ0v) is 9.67. The minimum atomic E-state index is -1.25. The minimum Gasteiger partial charge on any atom is -0.481 e. The van der Waals surface area contributed by atoms with Crippen LogP contribution in [0.2, 0.25) is 0 Å². The van der Waals surface area contributed by atoms with Gasteiger partial charge >= 0.3 is 5.97 Å². The van der Waals surface area contributed by atoms with E-state index in [0.717, 1.165) is 5.56 Å². The number of carbonyl (C=O) groups is 1. The summed E-state index contributed by atoms with van der Waals surface area (Å²) >= 11 is 0. The molecule has 16 heavy (non-hydrogen) atoms. The van der Waals surface area contributed by atoms with Crippen LogP contribution in [0.1, 0.15) is 18.9 Å². The zero-order valence-electron chi connectivity index (χ0n) is 8.85. The number of aliphatic carboxylic acids is 1. The van der Waals surface area contributed by atoms with E-state index < -0.39 is 22.0 Å². The Morgan fingerprint density at radius 3 is 2.50 bits per heavy atom. The van der Waals surface area contributed by atoms with Gasteiger partial charge in [-0.2, -0.15) is 0 Å². The second kappa shape index (κ2) is 5.75. The van der Waals surface area contributed by atoms with Gasteiger partial charge in [0, 0.05) is 21.8 Å². The Bertz CT molecular complexity index is 389. The summed E-state index contributed by atoms with van der Waals surface area (Å²) in [6, 6.07) is 5.71. The lowest BCUT2D eigenvalue weighted by Crippen LogP contribution is -2.17. The van der Waals surface area contributed by atoms with Crippen LogP contribution in [-0.2, 0) is 21.3 Å². The molecule has 0 fully saturated rings. The second-order valence-corrected chi connectivity index (χ2v) is 5.41. The third-order valence-corrected chi connectivity index (χ3v) is 3.82. The molecule has 5 heteroatoms. The van der Waals surface area contributed by atoms with E-state index in [-0.39, 0.29) is 18.0 Å². The Hall–Kier alpha value is -1.23. The molecule has 0 amide bonds. The van der Waals surface area contributed by atoms with Crippen molar-refractivity contribution in [2.75, 3.05) is 0 Å². The number of benzene rings is 1. The lowest BCUT2D eigenvalue weighted by atomic mass is 10.2. The second-order valence-electron chi connectivity index (χ2n) is 3.56. The Kier molecular flexibility index (Phi) is 4.61. The van der Waals surface area contributed by atoms with E-state index in [4.69, 9.17) is 5.11 Å². The van der Waals surface area contributed by atoms with Crippen molar-refractivity contribution >= 4 is 16.8 Å². The lowest BCUT2D eigenvalue weighted by molar-refractivity contribution is -0.136. The topological polar surface area (TPSA) is 54.4 Å². The molecule has 0 saturated carbocycles. The third-order valence-electron chi connectivity index (χ3n) is 2.13. The van der Waals surface area contributed by atoms with E-state index in [0.29, 0.717) is 0 Å². The van der Waals surface area contributed by atoms with E-state index in [1.807, 2.05) is 0 Å². The largest absolute Gasteiger partial charge is 0.481 e. The first-order valence-corrected chi connectivity index (χ1v) is 6.20. The van der Waals surface area contributed by atoms with Crippen molar-refractivity contribution < 1.29 is 18.5 Å². The van der Waals surface area contributed by atoms with Crippen LogP contribution < -0.4 is 0 Å². The predicted octanol–water partition coefficient (Wildman–Crippen LogP) is 1.94. The highest BCUT2D eigenvalue weighted by atomic mass is 32.2. The quantitative estimate of drug-likeness (QED) is 0.861. The molecule has 0 aliphatic rings. The van der Waals surface area contributed by atoms with Crippen molar-refractivity contribution in [1.82, 2.24) is 0 Å². The fraction of sp³-hybridized carbons (Fsp3) is 0.364. The summed E-state index contributed by atoms with van der Waals surface area (Å²) in [5.74, 6) is -1.04. The zero-order chi connectivity index (χ0) is 12.1. The smallest absolute Gasteiger partial charge is 0.304 e. The summed E-state index contributed by atoms with van der Waals surface area (Å²) in [6.45, 7) is 1.63. The lowest BCUT2D eigenvalue weighted by Gasteiger charge is -2.08. The summed E-state index contributed by atoms with van der Waals surface area (Å²) in [5, 5.41) is 8.15. The summed E-state index contributed by atoms with van der Waals surface area (Å²) in [6.07, 6.45) is -0.117. The van der Waals surface area contributed by atoms with Crippen molar-refractivity contribution in [2.45, 2.75) is 24.3 Å². The normalized spacial score (nSPS) is 14.4. The van der Waals surface area contributed by atoms with Crippen molar-refractivity contribution in [3.05, 3.63) is 35.6 Å². The van der Waals surface area contributed by atoms with Gasteiger partial charge in [0.1, 0.15) is 5.82 Å². The molecule has 0 aromatic heterocycles. The molecule has 1 aromatic carbocycles. The highest BCUT2D eigenvalue weighted by Gasteiger charge is 2.15. The van der Waals surface area contributed by atoms with Crippen LogP contribution in [0.3, 0.4) is 0 Å². The third kappa shape index (κ3) is 4.10. The fourth-order valence-corrected chi connectivity index (χ4v) is 2.36. The summed E-state index contributed by atoms with van der Waals surface area (Å²) in [4.78, 5) is 10.4. The van der Waals surface area contributed by atoms with Gasteiger partial charge in [0.05, 0.1) is 6.42 Å². The molecule has 0 aliphatic carbocycles. The first-order chi connectivity index (χ1) is 7.49. The molecule has 2 atom stereocenters. The number of carboxylic acids is 1. The molecule has 0 saturated heterocycles. The van der Waals surface area contributed by atoms with Crippen LogP contribution in [-0.4, -0.2) is 20.5 Å². The molecule has 3 nitrogen and oxygen atoms in total. The van der Waals surface area contributed by atoms with E-state index in [9.17, 15) is 13.4 Å². The van der Waals surface area contributed by atoms with Gasteiger partial charge in [0.2, 0.25) is 0 Å². The molecule has 0 radical (unpaired) electrons. The first kappa shape index (κ1) is 12.8. The van der Waals surface area contributed by atoms with Crippen molar-refractivity contribution in [3.8, 4) is 0 Å². The maximum atomic E-state index is 12.6. The van der Waals surface area contributed by atoms with Gasteiger partial charge in [-0.15, -0.1) is 0 Å². The minimum absolute atomic E-state index is 0.117. The average molecular weight is 244 g/mol. The fourth-order valence-electron chi connectivity index (χ4n) is 1.23. The van der Waals surface area contributed by atoms with Crippen molar-refractivity contribution in [2.24, 2.45) is 0 Å². The van der Waals surface area contributed by atoms with Crippen LogP contribution >= 0.6 is 0 Å². The molecule has 1 aromatic rings. The Balaban J connectivity index is 2.57. The monoisotopic (exact) mass is 244 g/mol. The standard InChI is InChI=1S/C11H13FO3S/c1-8(6-11(13)14)16(15)7-9-2-4-10(12)5-3-9/h2-5,8H,6-7H2,1H3,(H,13,14). The van der Waals surface area contributed by atoms with Crippen LogP contribution in [0.5, 0.6) is 0 Å². The molecular weight excluding hydrogens is 231 g/mol. The Morgan fingerprint density at radius 1 is 1.44 bits per heavy atom. The van der Waals surface area contributed by atoms with Crippen LogP contribution in [0.25, 0.3) is 0 Å². The predicted molar refractivity (Wildman–Crippen MR) is 60.0 cm³/mol. The SMILES string of the molecule is CC(CC(=O)O)S(=O)Cc1ccc(F)cc1. The van der Waals surface area contributed by atoms with E-state index in [1.165, 1.54) is 12.1 Å². The summed E-state index contributed by atoms with van der Waals surface area (Å²) in [5.41, 5.74) is 0.747. The van der Waals surface area contributed by atoms with Gasteiger partial charge in [-0.3, -0.25) is 9.00 Å². The molecule has 0 aliphatic heterocycles. The van der Waals surface area contributed by atoms with Crippen molar-refractivity contribution in [3.63, 3.8) is 0 Å². The summed E-state index contributed by atoms with van der Waals surface area (Å²) in [7, 11) is -1.25. The molecule has 0 spiro atoms. The number of hydrogen-bond acceptors (Lipinski definition) is 2. The number of rotatable bonds is 5. The first-order valence-electron chi connectivity index (χ1n) is 4.82.